The van der Waals surface area contributed by atoms with Crippen LogP contribution in [-0.4, -0.2) is 44.8 Å². The van der Waals surface area contributed by atoms with E-state index in [2.05, 4.69) is 5.32 Å². The smallest absolute Gasteiger partial charge is 0.272 e. The highest BCUT2D eigenvalue weighted by Crippen LogP contribution is 2.38. The minimum Gasteiger partial charge on any atom is -0.493 e. The van der Waals surface area contributed by atoms with Crippen LogP contribution in [0.3, 0.4) is 0 Å². The molecule has 2 aromatic carbocycles. The molecule has 5 rings (SSSR count). The van der Waals surface area contributed by atoms with Crippen molar-refractivity contribution in [3.8, 4) is 23.0 Å². The van der Waals surface area contributed by atoms with Gasteiger partial charge in [-0.2, -0.15) is 0 Å². The first kappa shape index (κ1) is 25.9. The molecule has 1 aromatic heterocycles. The second kappa shape index (κ2) is 11.8. The van der Waals surface area contributed by atoms with Crippen molar-refractivity contribution in [2.45, 2.75) is 50.3 Å². The molecule has 2 aliphatic rings. The number of ether oxygens (including phenoxy) is 4. The van der Waals surface area contributed by atoms with Gasteiger partial charge in [0.15, 0.2) is 23.0 Å². The third kappa shape index (κ3) is 5.43. The van der Waals surface area contributed by atoms with E-state index < -0.39 is 12.1 Å². The molecule has 2 heterocycles. The highest BCUT2D eigenvalue weighted by Gasteiger charge is 2.40. The number of nitrogens with zero attached hydrogens (tertiary/aromatic N) is 1. The quantitative estimate of drug-likeness (QED) is 0.430. The molecule has 1 aliphatic carbocycles. The third-order valence-corrected chi connectivity index (χ3v) is 7.86. The predicted octanol–water partition coefficient (Wildman–Crippen LogP) is 5.13. The van der Waals surface area contributed by atoms with Crippen molar-refractivity contribution in [2.75, 3.05) is 25.7 Å². The Morgan fingerprint density at radius 3 is 2.45 bits per heavy atom. The van der Waals surface area contributed by atoms with Gasteiger partial charge in [-0.1, -0.05) is 37.5 Å². The molecule has 0 spiro atoms. The van der Waals surface area contributed by atoms with Gasteiger partial charge in [0.05, 0.1) is 14.2 Å². The van der Waals surface area contributed by atoms with Crippen molar-refractivity contribution in [3.63, 3.8) is 0 Å². The summed E-state index contributed by atoms with van der Waals surface area (Å²) in [4.78, 5) is 30.5. The van der Waals surface area contributed by atoms with Crippen molar-refractivity contribution in [3.05, 3.63) is 64.9 Å². The van der Waals surface area contributed by atoms with E-state index in [1.165, 1.54) is 29.8 Å². The Bertz CT molecular complexity index is 1260. The summed E-state index contributed by atoms with van der Waals surface area (Å²) in [6.07, 6.45) is 4.27. The first-order chi connectivity index (χ1) is 18.6. The maximum Gasteiger partial charge on any atom is 0.272 e. The van der Waals surface area contributed by atoms with E-state index in [1.807, 2.05) is 29.6 Å². The van der Waals surface area contributed by atoms with E-state index in [9.17, 15) is 9.59 Å². The van der Waals surface area contributed by atoms with E-state index >= 15 is 0 Å². The summed E-state index contributed by atoms with van der Waals surface area (Å²) in [6, 6.07) is 15.4. The van der Waals surface area contributed by atoms with E-state index in [0.717, 1.165) is 30.6 Å². The number of para-hydroxylation sites is 2. The highest BCUT2D eigenvalue weighted by atomic mass is 32.1. The van der Waals surface area contributed by atoms with Crippen LogP contribution in [-0.2, 0) is 9.59 Å². The summed E-state index contributed by atoms with van der Waals surface area (Å²) in [7, 11) is 3.09. The summed E-state index contributed by atoms with van der Waals surface area (Å²) >= 11 is 1.43. The number of carbonyl (C=O) groups excluding carboxylic acids is 2. The molecule has 0 radical (unpaired) electrons. The molecule has 38 heavy (non-hydrogen) atoms. The van der Waals surface area contributed by atoms with Gasteiger partial charge >= 0.3 is 0 Å². The van der Waals surface area contributed by atoms with E-state index in [4.69, 9.17) is 18.9 Å². The molecular formula is C29H32N2O6S. The molecule has 1 aliphatic heterocycles. The Morgan fingerprint density at radius 2 is 1.74 bits per heavy atom. The van der Waals surface area contributed by atoms with Gasteiger partial charge < -0.3 is 24.3 Å². The summed E-state index contributed by atoms with van der Waals surface area (Å²) in [5, 5.41) is 5.13. The molecule has 1 N–H and O–H groups in total. The Balaban J connectivity index is 1.55. The van der Waals surface area contributed by atoms with Crippen LogP contribution in [0.4, 0.5) is 5.69 Å². The van der Waals surface area contributed by atoms with Crippen LogP contribution in [0.15, 0.2) is 60.0 Å². The summed E-state index contributed by atoms with van der Waals surface area (Å²) < 4.78 is 22.9. The minimum absolute atomic E-state index is 0.0288. The number of hydrogen-bond donors (Lipinski definition) is 1. The van der Waals surface area contributed by atoms with E-state index in [1.54, 1.807) is 37.4 Å². The Morgan fingerprint density at radius 1 is 0.974 bits per heavy atom. The van der Waals surface area contributed by atoms with Crippen LogP contribution in [0.25, 0.3) is 0 Å². The highest BCUT2D eigenvalue weighted by molar-refractivity contribution is 7.10. The molecule has 0 unspecified atom stereocenters. The second-order valence-corrected chi connectivity index (χ2v) is 10.4. The summed E-state index contributed by atoms with van der Waals surface area (Å²) in [5.41, 5.74) is 0.493. The number of thiophene rings is 1. The molecule has 1 saturated carbocycles. The standard InChI is InChI=1S/C29H32N2O6S/c1-34-21-15-14-20(17-24(21)35-2)31(29(33)25-18-36-22-11-6-7-12-23(22)37-25)27(26-13-8-16-38-26)28(32)30-19-9-4-3-5-10-19/h6-8,11-17,19,25,27H,3-5,9-10,18H2,1-2H3,(H,30,32)/t25-,27+/m1/s1. The van der Waals surface area contributed by atoms with Gasteiger partial charge in [-0.05, 0) is 48.6 Å². The zero-order valence-corrected chi connectivity index (χ0v) is 22.4. The maximum absolute atomic E-state index is 14.3. The predicted molar refractivity (Wildman–Crippen MR) is 145 cm³/mol. The number of nitrogens with one attached hydrogen (secondary N) is 1. The fourth-order valence-electron chi connectivity index (χ4n) is 5.02. The van der Waals surface area contributed by atoms with Crippen molar-refractivity contribution in [1.82, 2.24) is 5.32 Å². The van der Waals surface area contributed by atoms with Gasteiger partial charge in [0.2, 0.25) is 12.0 Å². The molecule has 1 fully saturated rings. The van der Waals surface area contributed by atoms with Crippen molar-refractivity contribution >= 4 is 28.8 Å². The summed E-state index contributed by atoms with van der Waals surface area (Å²) in [5.74, 6) is 1.44. The average Bonchev–Trinajstić information content (AvgIpc) is 3.49. The number of rotatable bonds is 8. The van der Waals surface area contributed by atoms with Crippen molar-refractivity contribution in [2.24, 2.45) is 0 Å². The van der Waals surface area contributed by atoms with Crippen molar-refractivity contribution < 1.29 is 28.5 Å². The van der Waals surface area contributed by atoms with Gasteiger partial charge in [-0.25, -0.2) is 0 Å². The minimum atomic E-state index is -0.942. The van der Waals surface area contributed by atoms with Crippen molar-refractivity contribution in [1.29, 1.82) is 0 Å². The first-order valence-electron chi connectivity index (χ1n) is 12.9. The number of amides is 2. The summed E-state index contributed by atoms with van der Waals surface area (Å²) in [6.45, 7) is 0.0288. The number of methoxy groups -OCH3 is 2. The van der Waals surface area contributed by atoms with Gasteiger partial charge in [-0.3, -0.25) is 14.5 Å². The molecule has 8 nitrogen and oxygen atoms in total. The maximum atomic E-state index is 14.3. The second-order valence-electron chi connectivity index (χ2n) is 9.37. The van der Waals surface area contributed by atoms with E-state index in [-0.39, 0.29) is 24.5 Å². The lowest BCUT2D eigenvalue weighted by atomic mass is 9.95. The van der Waals surface area contributed by atoms with E-state index in [0.29, 0.717) is 28.7 Å². The molecule has 3 aromatic rings. The molecular weight excluding hydrogens is 504 g/mol. The topological polar surface area (TPSA) is 86.3 Å². The largest absolute Gasteiger partial charge is 0.493 e. The fraction of sp³-hybridized carbons (Fsp3) is 0.379. The number of benzene rings is 2. The normalized spacial score (nSPS) is 17.8. The van der Waals surface area contributed by atoms with Crippen LogP contribution in [0.5, 0.6) is 23.0 Å². The van der Waals surface area contributed by atoms with Gasteiger partial charge in [0.25, 0.3) is 5.91 Å². The number of hydrogen-bond acceptors (Lipinski definition) is 7. The molecule has 9 heteroatoms. The molecule has 0 bridgehead atoms. The molecule has 200 valence electrons. The lowest BCUT2D eigenvalue weighted by Gasteiger charge is -2.36. The molecule has 2 amide bonds. The lowest BCUT2D eigenvalue weighted by molar-refractivity contribution is -0.132. The van der Waals surface area contributed by atoms with Crippen LogP contribution >= 0.6 is 11.3 Å². The van der Waals surface area contributed by atoms with Crippen LogP contribution in [0.1, 0.15) is 43.0 Å². The Kier molecular flexibility index (Phi) is 8.03. The SMILES string of the molecule is COc1ccc(N(C(=O)[C@H]2COc3ccccc3O2)[C@H](C(=O)NC2CCCCC2)c2cccs2)cc1OC. The van der Waals surface area contributed by atoms with Gasteiger partial charge in [-0.15, -0.1) is 11.3 Å². The van der Waals surface area contributed by atoms with Crippen LogP contribution < -0.4 is 29.2 Å². The molecule has 2 atom stereocenters. The average molecular weight is 537 g/mol. The van der Waals surface area contributed by atoms with Gasteiger partial charge in [0, 0.05) is 22.7 Å². The number of carbonyl (C=O) groups is 2. The zero-order valence-electron chi connectivity index (χ0n) is 21.6. The fourth-order valence-corrected chi connectivity index (χ4v) is 5.84. The molecule has 0 saturated heterocycles. The Labute approximate surface area is 226 Å². The number of anilines is 1. The van der Waals surface area contributed by atoms with Gasteiger partial charge in [0.1, 0.15) is 12.6 Å². The lowest BCUT2D eigenvalue weighted by Crippen LogP contribution is -2.52. The Hall–Kier alpha value is -3.72. The number of fused-ring (bicyclic) bond motifs is 1. The first-order valence-corrected chi connectivity index (χ1v) is 13.7. The zero-order chi connectivity index (χ0) is 26.5. The van der Waals surface area contributed by atoms with Crippen LogP contribution in [0.2, 0.25) is 0 Å². The monoisotopic (exact) mass is 536 g/mol. The third-order valence-electron chi connectivity index (χ3n) is 6.94. The van der Waals surface area contributed by atoms with Crippen LogP contribution in [0, 0.1) is 0 Å².